The van der Waals surface area contributed by atoms with E-state index in [0.29, 0.717) is 23.5 Å². The number of thioether (sulfide) groups is 1. The Morgan fingerprint density at radius 1 is 1.09 bits per heavy atom. The average Bonchev–Trinajstić information content (AvgIpc) is 3.47. The minimum atomic E-state index is -2.66. The highest BCUT2D eigenvalue weighted by atomic mass is 35.5. The van der Waals surface area contributed by atoms with Gasteiger partial charge in [0.2, 0.25) is 0 Å². The van der Waals surface area contributed by atoms with Crippen molar-refractivity contribution >= 4 is 53.2 Å². The molecule has 1 saturated heterocycles. The molecule has 0 spiro atoms. The summed E-state index contributed by atoms with van der Waals surface area (Å²) in [7, 11) is -2.66. The molecule has 0 aliphatic carbocycles. The molecule has 1 fully saturated rings. The molecule has 35 heavy (non-hydrogen) atoms. The summed E-state index contributed by atoms with van der Waals surface area (Å²) in [5, 5.41) is 2.31. The summed E-state index contributed by atoms with van der Waals surface area (Å²) in [6.07, 6.45) is 0.325. The predicted octanol–water partition coefficient (Wildman–Crippen LogP) is 4.78. The topological polar surface area (TPSA) is 62.1 Å². The van der Waals surface area contributed by atoms with E-state index < -0.39 is 14.4 Å². The fourth-order valence-electron chi connectivity index (χ4n) is 4.70. The molecule has 2 atom stereocenters. The predicted molar refractivity (Wildman–Crippen MR) is 140 cm³/mol. The van der Waals surface area contributed by atoms with Gasteiger partial charge in [-0.15, -0.1) is 11.8 Å². The van der Waals surface area contributed by atoms with Gasteiger partial charge in [-0.1, -0.05) is 93.0 Å². The Labute approximate surface area is 214 Å². The molecule has 5 rings (SSSR count). The zero-order chi connectivity index (χ0) is 24.6. The molecule has 0 radical (unpaired) electrons. The second kappa shape index (κ2) is 9.63. The maximum atomic E-state index is 13.8. The number of rotatable bonds is 6. The zero-order valence-electron chi connectivity index (χ0n) is 19.7. The monoisotopic (exact) mass is 528 g/mol. The summed E-state index contributed by atoms with van der Waals surface area (Å²) in [5.74, 6) is 0.656. The quantitative estimate of drug-likeness (QED) is 0.204. The van der Waals surface area contributed by atoms with E-state index in [1.54, 1.807) is 22.7 Å². The van der Waals surface area contributed by atoms with E-state index in [-0.39, 0.29) is 21.9 Å². The third-order valence-electron chi connectivity index (χ3n) is 6.25. The second-order valence-corrected chi connectivity index (χ2v) is 15.3. The van der Waals surface area contributed by atoms with Gasteiger partial charge in [-0.2, -0.15) is 14.4 Å². The molecule has 2 aromatic heterocycles. The largest absolute Gasteiger partial charge is 0.404 e. The molecule has 10 heteroatoms. The first-order valence-electron chi connectivity index (χ1n) is 11.4. The van der Waals surface area contributed by atoms with Crippen molar-refractivity contribution in [2.75, 3.05) is 12.4 Å². The van der Waals surface area contributed by atoms with Crippen LogP contribution in [0.4, 0.5) is 4.39 Å². The zero-order valence-corrected chi connectivity index (χ0v) is 22.3. The van der Waals surface area contributed by atoms with Gasteiger partial charge in [0.1, 0.15) is 17.2 Å². The molecule has 2 aromatic carbocycles. The molecule has 0 amide bonds. The van der Waals surface area contributed by atoms with Gasteiger partial charge in [-0.25, -0.2) is 4.98 Å². The summed E-state index contributed by atoms with van der Waals surface area (Å²) in [5.41, 5.74) is 0.483. The minimum Gasteiger partial charge on any atom is -0.404 e. The van der Waals surface area contributed by atoms with E-state index in [0.717, 1.165) is 0 Å². The third-order valence-corrected chi connectivity index (χ3v) is 12.6. The summed E-state index contributed by atoms with van der Waals surface area (Å²) in [6.45, 7) is 7.17. The molecule has 3 heterocycles. The van der Waals surface area contributed by atoms with E-state index in [1.807, 2.05) is 12.1 Å². The van der Waals surface area contributed by atoms with Crippen molar-refractivity contribution in [2.24, 2.45) is 0 Å². The fourth-order valence-corrected chi connectivity index (χ4v) is 10.6. The van der Waals surface area contributed by atoms with Crippen molar-refractivity contribution in [3.63, 3.8) is 0 Å². The van der Waals surface area contributed by atoms with E-state index in [4.69, 9.17) is 20.8 Å². The maximum Gasteiger partial charge on any atom is 0.312 e. The van der Waals surface area contributed by atoms with E-state index in [9.17, 15) is 4.39 Å². The van der Waals surface area contributed by atoms with Gasteiger partial charge in [0.25, 0.3) is 8.32 Å². The van der Waals surface area contributed by atoms with Gasteiger partial charge >= 0.3 is 6.08 Å². The lowest BCUT2D eigenvalue weighted by molar-refractivity contribution is 0.000950. The Morgan fingerprint density at radius 3 is 2.31 bits per heavy atom. The highest BCUT2D eigenvalue weighted by molar-refractivity contribution is 8.00. The SMILES string of the molecule is CC(C)(C)[Si](OC[C@@H]1O[C@@H](n2cnc3c(Cl)nc(F)nc32)CS1)(c1ccccc1)c1ccccc1. The average molecular weight is 529 g/mol. The minimum absolute atomic E-state index is 0.0107. The molecule has 1 aliphatic heterocycles. The molecule has 4 aromatic rings. The van der Waals surface area contributed by atoms with Crippen molar-refractivity contribution in [3.8, 4) is 0 Å². The number of fused-ring (bicyclic) bond motifs is 1. The normalized spacial score (nSPS) is 18.9. The lowest BCUT2D eigenvalue weighted by atomic mass is 10.2. The van der Waals surface area contributed by atoms with Gasteiger partial charge in [0.05, 0.1) is 12.9 Å². The molecule has 6 nitrogen and oxygen atoms in total. The molecule has 0 unspecified atom stereocenters. The van der Waals surface area contributed by atoms with Crippen LogP contribution in [-0.4, -0.2) is 45.6 Å². The Bertz CT molecular complexity index is 1280. The van der Waals surface area contributed by atoms with Crippen molar-refractivity contribution < 1.29 is 13.6 Å². The molecule has 1 aliphatic rings. The highest BCUT2D eigenvalue weighted by Gasteiger charge is 2.50. The van der Waals surface area contributed by atoms with E-state index >= 15 is 0 Å². The Kier molecular flexibility index (Phi) is 6.71. The van der Waals surface area contributed by atoms with Gasteiger partial charge < -0.3 is 9.16 Å². The smallest absolute Gasteiger partial charge is 0.312 e. The van der Waals surface area contributed by atoms with E-state index in [2.05, 4.69) is 84.3 Å². The lowest BCUT2D eigenvalue weighted by Crippen LogP contribution is -2.67. The lowest BCUT2D eigenvalue weighted by Gasteiger charge is -2.43. The number of hydrogen-bond acceptors (Lipinski definition) is 6. The van der Waals surface area contributed by atoms with Crippen LogP contribution in [0.25, 0.3) is 11.2 Å². The van der Waals surface area contributed by atoms with Crippen LogP contribution < -0.4 is 10.4 Å². The standard InChI is InChI=1S/C25H26ClFN4O2SSi/c1-25(2,3)35(17-10-6-4-7-11-17,18-12-8-5-9-13-18)32-14-20-33-19(15-34-20)31-16-28-21-22(26)29-24(27)30-23(21)31/h4-13,16,19-20H,14-15H2,1-3H3/t19-,20-/m1/s1. The van der Waals surface area contributed by atoms with Crippen LogP contribution in [0.1, 0.15) is 27.0 Å². The van der Waals surface area contributed by atoms with Crippen LogP contribution in [0.5, 0.6) is 0 Å². The first kappa shape index (κ1) is 24.4. The number of imidazole rings is 1. The highest BCUT2D eigenvalue weighted by Crippen LogP contribution is 2.39. The van der Waals surface area contributed by atoms with Crippen molar-refractivity contribution in [1.82, 2.24) is 19.5 Å². The Morgan fingerprint density at radius 2 is 1.71 bits per heavy atom. The van der Waals surface area contributed by atoms with Gasteiger partial charge in [-0.3, -0.25) is 4.57 Å². The summed E-state index contributed by atoms with van der Waals surface area (Å²) in [4.78, 5) is 11.7. The fraction of sp³-hybridized carbons (Fsp3) is 0.320. The molecule has 0 N–H and O–H groups in total. The molecule has 182 valence electrons. The number of hydrogen-bond donors (Lipinski definition) is 0. The van der Waals surface area contributed by atoms with Crippen molar-refractivity contribution in [1.29, 1.82) is 0 Å². The van der Waals surface area contributed by atoms with Crippen LogP contribution in [0.3, 0.4) is 0 Å². The molecular formula is C25H26ClFN4O2SSi. The molecular weight excluding hydrogens is 503 g/mol. The number of ether oxygens (including phenoxy) is 1. The second-order valence-electron chi connectivity index (χ2n) is 9.44. The summed E-state index contributed by atoms with van der Waals surface area (Å²) < 4.78 is 28.8. The number of aromatic nitrogens is 4. The van der Waals surface area contributed by atoms with Gasteiger partial charge in [0.15, 0.2) is 10.8 Å². The van der Waals surface area contributed by atoms with Crippen LogP contribution in [-0.2, 0) is 9.16 Å². The maximum absolute atomic E-state index is 13.8. The number of nitrogens with zero attached hydrogens (tertiary/aromatic N) is 4. The Balaban J connectivity index is 1.42. The summed E-state index contributed by atoms with van der Waals surface area (Å²) in [6, 6.07) is 21.0. The van der Waals surface area contributed by atoms with Crippen LogP contribution in [0.2, 0.25) is 10.2 Å². The molecule has 0 bridgehead atoms. The first-order chi connectivity index (χ1) is 16.8. The van der Waals surface area contributed by atoms with Crippen molar-refractivity contribution in [2.45, 2.75) is 37.5 Å². The van der Waals surface area contributed by atoms with Gasteiger partial charge in [-0.05, 0) is 15.4 Å². The third kappa shape index (κ3) is 4.51. The Hall–Kier alpha value is -2.30. The number of benzene rings is 2. The van der Waals surface area contributed by atoms with Crippen LogP contribution >= 0.6 is 23.4 Å². The van der Waals surface area contributed by atoms with E-state index in [1.165, 1.54) is 10.4 Å². The van der Waals surface area contributed by atoms with Crippen molar-refractivity contribution in [3.05, 3.63) is 78.2 Å². The van der Waals surface area contributed by atoms with Crippen LogP contribution in [0, 0.1) is 6.08 Å². The van der Waals surface area contributed by atoms with Crippen LogP contribution in [0.15, 0.2) is 67.0 Å². The molecule has 0 saturated carbocycles. The first-order valence-corrected chi connectivity index (χ1v) is 14.7. The number of halogens is 2. The van der Waals surface area contributed by atoms with Gasteiger partial charge in [0, 0.05) is 5.75 Å². The summed E-state index contributed by atoms with van der Waals surface area (Å²) >= 11 is 7.71.